The second kappa shape index (κ2) is 12.7. The summed E-state index contributed by atoms with van der Waals surface area (Å²) in [5.41, 5.74) is 4.87. The molecule has 0 saturated carbocycles. The summed E-state index contributed by atoms with van der Waals surface area (Å²) in [6.07, 6.45) is -0.562. The molecule has 1 amide bonds. The summed E-state index contributed by atoms with van der Waals surface area (Å²) >= 11 is 6.28. The molecule has 45 heavy (non-hydrogen) atoms. The summed E-state index contributed by atoms with van der Waals surface area (Å²) in [6, 6.07) is 36.6. The molecular formula is C36H32ClN3O4S. The van der Waals surface area contributed by atoms with Gasteiger partial charge in [-0.15, -0.1) is 0 Å². The predicted octanol–water partition coefficient (Wildman–Crippen LogP) is 8.21. The molecule has 1 heterocycles. The number of carbonyl (C=O) groups is 1. The van der Waals surface area contributed by atoms with Gasteiger partial charge >= 0.3 is 0 Å². The summed E-state index contributed by atoms with van der Waals surface area (Å²) in [6.45, 7) is 4.81. The van der Waals surface area contributed by atoms with Crippen molar-refractivity contribution in [2.24, 2.45) is 0 Å². The van der Waals surface area contributed by atoms with Crippen LogP contribution in [0.3, 0.4) is 0 Å². The number of ether oxygens (including phenoxy) is 1. The van der Waals surface area contributed by atoms with E-state index in [0.717, 1.165) is 16.7 Å². The van der Waals surface area contributed by atoms with Gasteiger partial charge in [-0.25, -0.2) is 8.42 Å². The highest BCUT2D eigenvalue weighted by molar-refractivity contribution is 7.92. The van der Waals surface area contributed by atoms with Crippen LogP contribution in [0.4, 0.5) is 17.1 Å². The lowest BCUT2D eigenvalue weighted by molar-refractivity contribution is 0.0968. The van der Waals surface area contributed by atoms with Gasteiger partial charge in [0.25, 0.3) is 15.9 Å². The van der Waals surface area contributed by atoms with Gasteiger partial charge in [-0.05, 0) is 91.7 Å². The second-order valence-electron chi connectivity index (χ2n) is 10.8. The normalized spacial score (nSPS) is 14.6. The zero-order valence-electron chi connectivity index (χ0n) is 24.9. The molecule has 1 atom stereocenters. The third-order valence-electron chi connectivity index (χ3n) is 7.67. The summed E-state index contributed by atoms with van der Waals surface area (Å²) in [4.78, 5) is 18.4. The van der Waals surface area contributed by atoms with Gasteiger partial charge in [0.05, 0.1) is 22.8 Å². The number of halogens is 1. The Balaban J connectivity index is 1.51. The number of fused-ring (bicyclic) bond motifs is 1. The second-order valence-corrected chi connectivity index (χ2v) is 12.9. The lowest BCUT2D eigenvalue weighted by atomic mass is 9.99. The molecule has 7 nitrogen and oxygen atoms in total. The van der Waals surface area contributed by atoms with E-state index < -0.39 is 16.2 Å². The number of rotatable bonds is 9. The van der Waals surface area contributed by atoms with E-state index in [2.05, 4.69) is 9.62 Å². The fraction of sp³-hybridized carbons (Fsp3) is 0.139. The Morgan fingerprint density at radius 3 is 2.20 bits per heavy atom. The Labute approximate surface area is 268 Å². The number of hydrogen-bond donors (Lipinski definition) is 1. The Hall–Kier alpha value is -4.79. The van der Waals surface area contributed by atoms with Crippen LogP contribution in [0.2, 0.25) is 5.02 Å². The van der Waals surface area contributed by atoms with E-state index in [4.69, 9.17) is 16.3 Å². The molecule has 0 bridgehead atoms. The fourth-order valence-electron chi connectivity index (χ4n) is 5.50. The lowest BCUT2D eigenvalue weighted by Crippen LogP contribution is -2.49. The first-order chi connectivity index (χ1) is 21.7. The van der Waals surface area contributed by atoms with Crippen molar-refractivity contribution < 1.29 is 17.9 Å². The molecule has 0 radical (unpaired) electrons. The minimum Gasteiger partial charge on any atom is -0.494 e. The van der Waals surface area contributed by atoms with Crippen molar-refractivity contribution in [3.05, 3.63) is 149 Å². The zero-order valence-corrected chi connectivity index (χ0v) is 26.4. The number of carbonyl (C=O) groups excluding carboxylic acids is 1. The van der Waals surface area contributed by atoms with Gasteiger partial charge in [0.2, 0.25) is 0 Å². The molecule has 5 aromatic carbocycles. The molecule has 6 rings (SSSR count). The molecule has 0 saturated heterocycles. The summed E-state index contributed by atoms with van der Waals surface area (Å²) < 4.78 is 35.4. The van der Waals surface area contributed by atoms with Crippen LogP contribution >= 0.6 is 11.6 Å². The quantitative estimate of drug-likeness (QED) is 0.176. The maximum atomic E-state index is 14.6. The number of nitrogens with one attached hydrogen (secondary N) is 1. The average molecular weight is 638 g/mol. The Morgan fingerprint density at radius 2 is 1.53 bits per heavy atom. The van der Waals surface area contributed by atoms with Gasteiger partial charge in [0, 0.05) is 22.9 Å². The van der Waals surface area contributed by atoms with Crippen molar-refractivity contribution in [2.45, 2.75) is 31.5 Å². The van der Waals surface area contributed by atoms with Gasteiger partial charge < -0.3 is 9.64 Å². The summed E-state index contributed by atoms with van der Waals surface area (Å²) in [5, 5.41) is 0.583. The number of nitrogens with zero attached hydrogens (tertiary/aromatic N) is 2. The highest BCUT2D eigenvalue weighted by atomic mass is 35.5. The first kappa shape index (κ1) is 30.2. The zero-order chi connectivity index (χ0) is 31.6. The largest absolute Gasteiger partial charge is 0.494 e. The van der Waals surface area contributed by atoms with Crippen LogP contribution < -0.4 is 19.3 Å². The number of aryl methyl sites for hydroxylation is 1. The number of amides is 1. The Bertz CT molecular complexity index is 1920. The van der Waals surface area contributed by atoms with Crippen molar-refractivity contribution in [2.75, 3.05) is 21.1 Å². The van der Waals surface area contributed by atoms with Gasteiger partial charge in [-0.3, -0.25) is 14.4 Å². The lowest BCUT2D eigenvalue weighted by Gasteiger charge is -2.46. The van der Waals surface area contributed by atoms with Gasteiger partial charge in [0.1, 0.15) is 11.9 Å². The van der Waals surface area contributed by atoms with Crippen LogP contribution in [0.5, 0.6) is 5.75 Å². The Kier molecular flexibility index (Phi) is 8.52. The van der Waals surface area contributed by atoms with E-state index >= 15 is 0 Å². The molecule has 0 fully saturated rings. The monoisotopic (exact) mass is 637 g/mol. The maximum absolute atomic E-state index is 14.6. The number of hydrogen-bond acceptors (Lipinski definition) is 5. The molecule has 1 N–H and O–H groups in total. The van der Waals surface area contributed by atoms with Crippen LogP contribution in [0.15, 0.2) is 126 Å². The smallest absolute Gasteiger partial charge is 0.262 e. The third-order valence-corrected chi connectivity index (χ3v) is 9.30. The highest BCUT2D eigenvalue weighted by Gasteiger charge is 2.40. The molecule has 0 aliphatic carbocycles. The molecule has 0 spiro atoms. The highest BCUT2D eigenvalue weighted by Crippen LogP contribution is 2.43. The molecule has 1 aliphatic heterocycles. The van der Waals surface area contributed by atoms with E-state index in [9.17, 15) is 13.2 Å². The Morgan fingerprint density at radius 1 is 0.844 bits per heavy atom. The number of anilines is 3. The molecule has 0 unspecified atom stereocenters. The molecular weight excluding hydrogens is 606 g/mol. The van der Waals surface area contributed by atoms with Crippen molar-refractivity contribution in [3.8, 4) is 5.75 Å². The van der Waals surface area contributed by atoms with Crippen molar-refractivity contribution in [1.29, 1.82) is 0 Å². The van der Waals surface area contributed by atoms with Gasteiger partial charge in [-0.1, -0.05) is 71.8 Å². The minimum atomic E-state index is -3.99. The van der Waals surface area contributed by atoms with Crippen molar-refractivity contribution in [1.82, 2.24) is 0 Å². The maximum Gasteiger partial charge on any atom is 0.262 e. The van der Waals surface area contributed by atoms with Crippen LogP contribution in [0, 0.1) is 6.92 Å². The van der Waals surface area contributed by atoms with Crippen molar-refractivity contribution in [3.63, 3.8) is 0 Å². The van der Waals surface area contributed by atoms with Crippen LogP contribution in [-0.2, 0) is 16.6 Å². The number of benzene rings is 5. The standard InChI is InChI=1S/C36H32ClN3O4S/c1-3-44-31-19-17-30(18-20-31)40-35(27-11-13-28(37)14-12-27)39(24-26-7-5-4-6-8-26)34-22-21-32(23-33(34)36(40)41)45(42,43)38-29-15-9-25(2)10-16-29/h4-23,35,38H,3,24H2,1-2H3/t35-/m0/s1. The third kappa shape index (κ3) is 6.38. The van der Waals surface area contributed by atoms with E-state index in [1.807, 2.05) is 92.7 Å². The average Bonchev–Trinajstić information content (AvgIpc) is 3.05. The van der Waals surface area contributed by atoms with Crippen LogP contribution in [-0.4, -0.2) is 20.9 Å². The molecule has 1 aliphatic rings. The molecule has 0 aromatic heterocycles. The minimum absolute atomic E-state index is 0.00794. The first-order valence-corrected chi connectivity index (χ1v) is 16.5. The molecule has 9 heteroatoms. The summed E-state index contributed by atoms with van der Waals surface area (Å²) in [7, 11) is -3.99. The molecule has 228 valence electrons. The van der Waals surface area contributed by atoms with Crippen LogP contribution in [0.1, 0.15) is 40.1 Å². The first-order valence-electron chi connectivity index (χ1n) is 14.6. The van der Waals surface area contributed by atoms with E-state index in [0.29, 0.717) is 41.0 Å². The SMILES string of the molecule is CCOc1ccc(N2C(=O)c3cc(S(=O)(=O)Nc4ccc(C)cc4)ccc3N(Cc3ccccc3)[C@@H]2c2ccc(Cl)cc2)cc1. The van der Waals surface area contributed by atoms with E-state index in [1.165, 1.54) is 6.07 Å². The van der Waals surface area contributed by atoms with Crippen LogP contribution in [0.25, 0.3) is 0 Å². The van der Waals surface area contributed by atoms with Gasteiger partial charge in [0.15, 0.2) is 0 Å². The van der Waals surface area contributed by atoms with Crippen molar-refractivity contribution >= 4 is 44.6 Å². The summed E-state index contributed by atoms with van der Waals surface area (Å²) in [5.74, 6) is 0.358. The number of sulfonamides is 1. The predicted molar refractivity (Wildman–Crippen MR) is 180 cm³/mol. The van der Waals surface area contributed by atoms with Gasteiger partial charge in [-0.2, -0.15) is 0 Å². The van der Waals surface area contributed by atoms with E-state index in [-0.39, 0.29) is 16.4 Å². The molecule has 5 aromatic rings. The van der Waals surface area contributed by atoms with E-state index in [1.54, 1.807) is 41.3 Å². The topological polar surface area (TPSA) is 78.9 Å². The fourth-order valence-corrected chi connectivity index (χ4v) is 6.71.